The van der Waals surface area contributed by atoms with Gasteiger partial charge in [0.1, 0.15) is 0 Å². The first-order valence-electron chi connectivity index (χ1n) is 12.9. The molecule has 10 heteroatoms. The monoisotopic (exact) mass is 666 g/mol. The number of rotatable bonds is 6. The summed E-state index contributed by atoms with van der Waals surface area (Å²) >= 11 is 0. The Morgan fingerprint density at radius 3 is 1.90 bits per heavy atom. The normalized spacial score (nSPS) is 12.5. The standard InChI is InChI=1S/C31H31N4O4.Fe.Y/c1-15-10-20-11-24-18(4)21(6-8-30(36)37)28(34-24)14-29-22(7-9-31(38)39)19(5)27(35-29)13-26-17(3)16(2)25(33-26)12-23(15)32-20;;/h11-14H,6-9H2,1-5H3,(H4,32,33,34,35,36,37,38,39);;/q-1;+2;/p-2. The van der Waals surface area contributed by atoms with E-state index in [1.165, 1.54) is 0 Å². The van der Waals surface area contributed by atoms with Crippen LogP contribution in [-0.4, -0.2) is 32.1 Å². The third-order valence-corrected chi connectivity index (χ3v) is 7.56. The predicted octanol–water partition coefficient (Wildman–Crippen LogP) is 5.56. The van der Waals surface area contributed by atoms with Crippen LogP contribution in [-0.2, 0) is 65.8 Å². The van der Waals surface area contributed by atoms with Crippen molar-refractivity contribution in [2.24, 2.45) is 0 Å². The number of aliphatic carboxylic acids is 2. The fourth-order valence-corrected chi connectivity index (χ4v) is 5.06. The van der Waals surface area contributed by atoms with Crippen LogP contribution in [0.25, 0.3) is 38.8 Å². The molecule has 0 atom stereocenters. The molecule has 0 aromatic carbocycles. The van der Waals surface area contributed by atoms with Crippen LogP contribution in [0.4, 0.5) is 0 Å². The molecule has 5 heterocycles. The number of aromatic nitrogens is 4. The maximum absolute atomic E-state index is 11.4. The van der Waals surface area contributed by atoms with Gasteiger partial charge in [0.15, 0.2) is 0 Å². The predicted molar refractivity (Wildman–Crippen MR) is 150 cm³/mol. The summed E-state index contributed by atoms with van der Waals surface area (Å²) in [4.78, 5) is 42.3. The smallest absolute Gasteiger partial charge is 0.668 e. The Hall–Kier alpha value is -2.84. The maximum atomic E-state index is 11.4. The first-order chi connectivity index (χ1) is 18.5. The number of allylic oxidation sites excluding steroid dienone is 3. The van der Waals surface area contributed by atoms with Crippen molar-refractivity contribution in [3.63, 3.8) is 0 Å². The number of fused-ring (bicyclic) bond motifs is 8. The third-order valence-electron chi connectivity index (χ3n) is 7.56. The number of carboxylic acid groups (broad SMARTS) is 2. The average molecular weight is 666 g/mol. The van der Waals surface area contributed by atoms with E-state index in [2.05, 4.69) is 6.08 Å². The number of aryl methyl sites for hydroxylation is 4. The molecule has 8 nitrogen and oxygen atoms in total. The third kappa shape index (κ3) is 6.64. The molecule has 0 saturated heterocycles. The zero-order chi connectivity index (χ0) is 28.0. The average Bonchev–Trinajstić information content (AvgIpc) is 3.53. The number of carboxylic acids is 2. The van der Waals surface area contributed by atoms with Gasteiger partial charge in [-0.1, -0.05) is 47.0 Å². The van der Waals surface area contributed by atoms with Crippen molar-refractivity contribution in [2.45, 2.75) is 60.3 Å². The quantitative estimate of drug-likeness (QED) is 0.259. The molecule has 3 aromatic rings. The second kappa shape index (κ2) is 13.0. The van der Waals surface area contributed by atoms with E-state index < -0.39 is 11.9 Å². The molecule has 41 heavy (non-hydrogen) atoms. The molecule has 1 radical (unpaired) electrons. The first-order valence-corrected chi connectivity index (χ1v) is 12.9. The van der Waals surface area contributed by atoms with Crippen LogP contribution in [0.1, 0.15) is 78.1 Å². The largest absolute Gasteiger partial charge is 2.00 e. The molecule has 2 aliphatic heterocycles. The summed E-state index contributed by atoms with van der Waals surface area (Å²) in [7, 11) is 0. The van der Waals surface area contributed by atoms with Crippen LogP contribution in [0.3, 0.4) is 0 Å². The number of nitrogens with zero attached hydrogens (tertiary/aromatic N) is 4. The van der Waals surface area contributed by atoms with Gasteiger partial charge in [-0.25, -0.2) is 4.98 Å². The second-order valence-electron chi connectivity index (χ2n) is 10.1. The number of hydrogen-bond donors (Lipinski definition) is 2. The molecule has 3 aromatic heterocycles. The minimum atomic E-state index is -0.888. The Balaban J connectivity index is 0.00000231. The Bertz CT molecular complexity index is 1780. The van der Waals surface area contributed by atoms with E-state index in [4.69, 9.17) is 19.9 Å². The van der Waals surface area contributed by atoms with Crippen LogP contribution >= 0.6 is 0 Å². The molecule has 209 valence electrons. The van der Waals surface area contributed by atoms with Gasteiger partial charge in [-0.05, 0) is 57.4 Å². The second-order valence-corrected chi connectivity index (χ2v) is 10.1. The summed E-state index contributed by atoms with van der Waals surface area (Å²) < 4.78 is 0. The first kappa shape index (κ1) is 32.7. The van der Waals surface area contributed by atoms with Gasteiger partial charge in [-0.3, -0.25) is 9.59 Å². The van der Waals surface area contributed by atoms with E-state index in [0.29, 0.717) is 35.3 Å². The maximum Gasteiger partial charge on any atom is 2.00 e. The van der Waals surface area contributed by atoms with Crippen LogP contribution in [0.2, 0.25) is 0 Å². The summed E-state index contributed by atoms with van der Waals surface area (Å²) in [6.07, 6.45) is 3.88. The molecular formula is C31H29FeN4O4Y-. The van der Waals surface area contributed by atoms with Crippen molar-refractivity contribution in [2.75, 3.05) is 0 Å². The minimum absolute atomic E-state index is 0. The zero-order valence-corrected chi connectivity index (χ0v) is 27.5. The van der Waals surface area contributed by atoms with Gasteiger partial charge in [0.05, 0.1) is 11.4 Å². The van der Waals surface area contributed by atoms with Gasteiger partial charge >= 0.3 is 29.0 Å². The molecule has 0 saturated carbocycles. The molecule has 0 aliphatic carbocycles. The molecule has 0 unspecified atom stereocenters. The summed E-state index contributed by atoms with van der Waals surface area (Å²) in [5, 5.41) is 18.7. The van der Waals surface area contributed by atoms with Crippen molar-refractivity contribution in [3.8, 4) is 0 Å². The SMILES string of the molecule is CC1=[C-]c2cc3[n-]c(cc4nc(cc5[n-]c(cc1n2)c(C)c5C)C(C)=C4CCC(=O)O)c(CCC(=O)O)c3C.[Fe+2].[Y]. The Labute approximate surface area is 274 Å². The van der Waals surface area contributed by atoms with E-state index in [9.17, 15) is 19.8 Å². The topological polar surface area (TPSA) is 129 Å². The van der Waals surface area contributed by atoms with Crippen LogP contribution in [0.5, 0.6) is 0 Å². The fourth-order valence-electron chi connectivity index (χ4n) is 5.06. The van der Waals surface area contributed by atoms with Gasteiger partial charge in [-0.2, -0.15) is 11.6 Å². The summed E-state index contributed by atoms with van der Waals surface area (Å²) in [6.45, 7) is 9.90. The van der Waals surface area contributed by atoms with Crippen LogP contribution in [0.15, 0.2) is 24.3 Å². The zero-order valence-electron chi connectivity index (χ0n) is 23.6. The molecule has 0 spiro atoms. The van der Waals surface area contributed by atoms with Gasteiger partial charge in [0.2, 0.25) is 0 Å². The Morgan fingerprint density at radius 2 is 1.27 bits per heavy atom. The summed E-state index contributed by atoms with van der Waals surface area (Å²) in [6, 6.07) is 7.62. The molecule has 2 N–H and O–H groups in total. The van der Waals surface area contributed by atoms with Crippen molar-refractivity contribution < 1.29 is 69.6 Å². The van der Waals surface area contributed by atoms with Crippen LogP contribution < -0.4 is 9.97 Å². The van der Waals surface area contributed by atoms with Crippen molar-refractivity contribution in [3.05, 3.63) is 75.4 Å². The van der Waals surface area contributed by atoms with Gasteiger partial charge in [0, 0.05) is 45.6 Å². The van der Waals surface area contributed by atoms with Crippen molar-refractivity contribution in [1.82, 2.24) is 19.9 Å². The molecule has 2 aliphatic rings. The molecular weight excluding hydrogens is 637 g/mol. The van der Waals surface area contributed by atoms with Crippen molar-refractivity contribution >= 4 is 50.7 Å². The van der Waals surface area contributed by atoms with Crippen LogP contribution in [0, 0.1) is 26.8 Å². The van der Waals surface area contributed by atoms with Gasteiger partial charge in [-0.15, -0.1) is 34.3 Å². The van der Waals surface area contributed by atoms with Gasteiger partial charge < -0.3 is 25.2 Å². The van der Waals surface area contributed by atoms with E-state index in [-0.39, 0.29) is 62.6 Å². The van der Waals surface area contributed by atoms with E-state index in [1.807, 2.05) is 58.9 Å². The molecule has 8 bridgehead atoms. The summed E-state index contributed by atoms with van der Waals surface area (Å²) in [5.41, 5.74) is 12.2. The van der Waals surface area contributed by atoms with E-state index >= 15 is 0 Å². The minimum Gasteiger partial charge on any atom is -0.668 e. The molecule has 0 fully saturated rings. The summed E-state index contributed by atoms with van der Waals surface area (Å²) in [5.74, 6) is -1.77. The van der Waals surface area contributed by atoms with Gasteiger partial charge in [0.25, 0.3) is 0 Å². The number of hydrogen-bond acceptors (Lipinski definition) is 4. The number of carbonyl (C=O) groups is 2. The Kier molecular flexibility index (Phi) is 10.4. The molecule has 5 rings (SSSR count). The van der Waals surface area contributed by atoms with Crippen molar-refractivity contribution in [1.29, 1.82) is 0 Å². The fraction of sp³-hybridized carbons (Fsp3) is 0.290. The van der Waals surface area contributed by atoms with E-state index in [1.54, 1.807) is 0 Å². The van der Waals surface area contributed by atoms with E-state index in [0.717, 1.165) is 61.4 Å². The Morgan fingerprint density at radius 1 is 0.732 bits per heavy atom. The molecule has 0 amide bonds.